The lowest BCUT2D eigenvalue weighted by atomic mass is 10.0. The van der Waals surface area contributed by atoms with Gasteiger partial charge in [-0.25, -0.2) is 4.79 Å². The van der Waals surface area contributed by atoms with Gasteiger partial charge in [0.2, 0.25) is 17.7 Å². The third-order valence-corrected chi connectivity index (χ3v) is 5.99. The molecular weight excluding hydrogens is 504 g/mol. The number of nitrogens with one attached hydrogen (secondary N) is 3. The summed E-state index contributed by atoms with van der Waals surface area (Å²) in [5.74, 6) is -3.36. The van der Waals surface area contributed by atoms with Crippen LogP contribution in [0, 0.1) is 0 Å². The van der Waals surface area contributed by atoms with Crippen LogP contribution in [0.2, 0.25) is 0 Å². The summed E-state index contributed by atoms with van der Waals surface area (Å²) in [6, 6.07) is 10.7. The number of carboxylic acid groups (broad SMARTS) is 1. The lowest BCUT2D eigenvalue weighted by Gasteiger charge is -2.24. The number of nitrogens with two attached hydrogens (primary N) is 1. The number of thiol groups is 2. The molecule has 2 aromatic rings. The van der Waals surface area contributed by atoms with Crippen molar-refractivity contribution >= 4 is 48.9 Å². The van der Waals surface area contributed by atoms with Crippen LogP contribution in [0.4, 0.5) is 0 Å². The SMILES string of the molecule is NC(Cc1ccc(O)cc1)C(=O)NC(CS)C(=O)NC(Cc1ccccc1)C(=O)NC(CS)C(=O)O. The first-order chi connectivity index (χ1) is 17.1. The normalized spacial score (nSPS) is 14.1. The molecule has 0 radical (unpaired) electrons. The molecule has 10 nitrogen and oxygen atoms in total. The molecule has 2 aromatic carbocycles. The van der Waals surface area contributed by atoms with Gasteiger partial charge in [0, 0.05) is 17.9 Å². The molecule has 4 atom stereocenters. The van der Waals surface area contributed by atoms with Crippen LogP contribution in [-0.2, 0) is 32.0 Å². The zero-order valence-electron chi connectivity index (χ0n) is 19.3. The van der Waals surface area contributed by atoms with Crippen molar-refractivity contribution in [1.82, 2.24) is 16.0 Å². The average molecular weight is 535 g/mol. The number of carboxylic acids is 1. The second-order valence-corrected chi connectivity index (χ2v) is 8.78. The highest BCUT2D eigenvalue weighted by Gasteiger charge is 2.29. The third-order valence-electron chi connectivity index (χ3n) is 5.26. The van der Waals surface area contributed by atoms with Crippen molar-refractivity contribution in [2.24, 2.45) is 5.73 Å². The number of hydrogen-bond donors (Lipinski definition) is 8. The van der Waals surface area contributed by atoms with Crippen LogP contribution >= 0.6 is 25.3 Å². The van der Waals surface area contributed by atoms with Gasteiger partial charge < -0.3 is 31.9 Å². The molecule has 0 saturated heterocycles. The maximum absolute atomic E-state index is 13.0. The van der Waals surface area contributed by atoms with E-state index < -0.39 is 47.9 Å². The van der Waals surface area contributed by atoms with E-state index >= 15 is 0 Å². The van der Waals surface area contributed by atoms with Crippen molar-refractivity contribution < 1.29 is 29.4 Å². The number of hydrogen-bond acceptors (Lipinski definition) is 8. The minimum atomic E-state index is -1.26. The van der Waals surface area contributed by atoms with Gasteiger partial charge in [0.05, 0.1) is 6.04 Å². The Morgan fingerprint density at radius 2 is 1.22 bits per heavy atom. The molecule has 0 fully saturated rings. The van der Waals surface area contributed by atoms with E-state index in [0.717, 1.165) is 11.1 Å². The number of rotatable bonds is 13. The summed E-state index contributed by atoms with van der Waals surface area (Å²) >= 11 is 8.09. The molecule has 12 heteroatoms. The highest BCUT2D eigenvalue weighted by Crippen LogP contribution is 2.11. The maximum Gasteiger partial charge on any atom is 0.327 e. The van der Waals surface area contributed by atoms with Gasteiger partial charge in [-0.1, -0.05) is 42.5 Å². The summed E-state index contributed by atoms with van der Waals surface area (Å²) in [6.07, 6.45) is 0.261. The molecule has 0 aliphatic rings. The number of carbonyl (C=O) groups excluding carboxylic acids is 3. The summed E-state index contributed by atoms with van der Waals surface area (Å²) in [6.45, 7) is 0. The zero-order chi connectivity index (χ0) is 26.7. The van der Waals surface area contributed by atoms with Gasteiger partial charge in [-0.05, 0) is 29.7 Å². The first-order valence-electron chi connectivity index (χ1n) is 11.1. The van der Waals surface area contributed by atoms with Crippen molar-refractivity contribution in [3.05, 3.63) is 65.7 Å². The first kappa shape index (κ1) is 29.0. The predicted octanol–water partition coefficient (Wildman–Crippen LogP) is -0.0967. The fraction of sp³-hybridized carbons (Fsp3) is 0.333. The van der Waals surface area contributed by atoms with Crippen molar-refractivity contribution in [2.45, 2.75) is 37.0 Å². The third kappa shape index (κ3) is 9.10. The molecule has 0 saturated carbocycles. The molecular formula is C24H30N4O6S2. The van der Waals surface area contributed by atoms with Gasteiger partial charge in [0.15, 0.2) is 0 Å². The molecule has 0 heterocycles. The van der Waals surface area contributed by atoms with Crippen molar-refractivity contribution in [3.8, 4) is 5.75 Å². The van der Waals surface area contributed by atoms with Crippen molar-refractivity contribution in [3.63, 3.8) is 0 Å². The van der Waals surface area contributed by atoms with Crippen LogP contribution in [-0.4, -0.2) is 69.6 Å². The molecule has 36 heavy (non-hydrogen) atoms. The van der Waals surface area contributed by atoms with E-state index in [9.17, 15) is 29.4 Å². The molecule has 0 aromatic heterocycles. The number of phenols is 1. The van der Waals surface area contributed by atoms with Gasteiger partial charge in [-0.3, -0.25) is 14.4 Å². The fourth-order valence-electron chi connectivity index (χ4n) is 3.24. The summed E-state index contributed by atoms with van der Waals surface area (Å²) in [5.41, 5.74) is 7.44. The van der Waals surface area contributed by atoms with Crippen molar-refractivity contribution in [1.29, 1.82) is 0 Å². The van der Waals surface area contributed by atoms with Gasteiger partial charge in [-0.15, -0.1) is 0 Å². The number of carbonyl (C=O) groups is 4. The summed E-state index contributed by atoms with van der Waals surface area (Å²) in [7, 11) is 0. The molecule has 7 N–H and O–H groups in total. The Hall–Kier alpha value is -3.22. The molecule has 3 amide bonds. The summed E-state index contributed by atoms with van der Waals surface area (Å²) in [4.78, 5) is 49.8. The molecule has 0 spiro atoms. The van der Waals surface area contributed by atoms with E-state index in [4.69, 9.17) is 5.73 Å². The molecule has 0 aliphatic heterocycles. The van der Waals surface area contributed by atoms with Gasteiger partial charge >= 0.3 is 5.97 Å². The standard InChI is InChI=1S/C24H30N4O6S2/c25-17(10-15-6-8-16(29)9-7-15)21(30)27-19(12-35)23(32)26-18(11-14-4-2-1-3-5-14)22(31)28-20(13-36)24(33)34/h1-9,17-20,29,35-36H,10-13,25H2,(H,26,32)(H,27,30)(H,28,31)(H,33,34). The molecule has 0 aliphatic carbocycles. The van der Waals surface area contributed by atoms with Crippen molar-refractivity contribution in [2.75, 3.05) is 11.5 Å². The van der Waals surface area contributed by atoms with E-state index in [2.05, 4.69) is 41.2 Å². The number of aliphatic carboxylic acids is 1. The maximum atomic E-state index is 13.0. The Bertz CT molecular complexity index is 1040. The lowest BCUT2D eigenvalue weighted by molar-refractivity contribution is -0.141. The largest absolute Gasteiger partial charge is 0.508 e. The van der Waals surface area contributed by atoms with Gasteiger partial charge in [0.1, 0.15) is 23.9 Å². The Morgan fingerprint density at radius 1 is 0.722 bits per heavy atom. The Labute approximate surface area is 219 Å². The van der Waals surface area contributed by atoms with E-state index in [0.29, 0.717) is 0 Å². The van der Waals surface area contributed by atoms with E-state index in [1.165, 1.54) is 12.1 Å². The van der Waals surface area contributed by atoms with E-state index in [1.54, 1.807) is 42.5 Å². The minimum absolute atomic E-state index is 0.0719. The summed E-state index contributed by atoms with van der Waals surface area (Å²) in [5, 5.41) is 26.1. The average Bonchev–Trinajstić information content (AvgIpc) is 2.86. The van der Waals surface area contributed by atoms with Gasteiger partial charge in [0.25, 0.3) is 0 Å². The smallest absolute Gasteiger partial charge is 0.327 e. The number of benzene rings is 2. The van der Waals surface area contributed by atoms with Crippen LogP contribution in [0.1, 0.15) is 11.1 Å². The van der Waals surface area contributed by atoms with Crippen LogP contribution in [0.15, 0.2) is 54.6 Å². The Kier molecular flexibility index (Phi) is 11.6. The Balaban J connectivity index is 2.08. The monoisotopic (exact) mass is 534 g/mol. The molecule has 2 rings (SSSR count). The molecule has 194 valence electrons. The number of aromatic hydroxyl groups is 1. The number of amides is 3. The second kappa shape index (κ2) is 14.4. The van der Waals surface area contributed by atoms with Crippen LogP contribution in [0.25, 0.3) is 0 Å². The van der Waals surface area contributed by atoms with Crippen LogP contribution in [0.5, 0.6) is 5.75 Å². The van der Waals surface area contributed by atoms with Crippen LogP contribution in [0.3, 0.4) is 0 Å². The quantitative estimate of drug-likeness (QED) is 0.166. The summed E-state index contributed by atoms with van der Waals surface area (Å²) < 4.78 is 0. The second-order valence-electron chi connectivity index (χ2n) is 8.05. The Morgan fingerprint density at radius 3 is 1.78 bits per heavy atom. The first-order valence-corrected chi connectivity index (χ1v) is 12.3. The minimum Gasteiger partial charge on any atom is -0.508 e. The lowest BCUT2D eigenvalue weighted by Crippen LogP contribution is -2.58. The zero-order valence-corrected chi connectivity index (χ0v) is 21.1. The topological polar surface area (TPSA) is 171 Å². The highest BCUT2D eigenvalue weighted by atomic mass is 32.1. The highest BCUT2D eigenvalue weighted by molar-refractivity contribution is 7.80. The van der Waals surface area contributed by atoms with E-state index in [1.807, 2.05) is 0 Å². The molecule has 0 bridgehead atoms. The molecule has 4 unspecified atom stereocenters. The predicted molar refractivity (Wildman–Crippen MR) is 141 cm³/mol. The fourth-order valence-corrected chi connectivity index (χ4v) is 3.75. The van der Waals surface area contributed by atoms with Gasteiger partial charge in [-0.2, -0.15) is 25.3 Å². The van der Waals surface area contributed by atoms with E-state index in [-0.39, 0.29) is 30.1 Å². The van der Waals surface area contributed by atoms with Crippen LogP contribution < -0.4 is 21.7 Å². The number of phenolic OH excluding ortho intramolecular Hbond substituents is 1.